The Bertz CT molecular complexity index is 836. The Hall–Kier alpha value is -2.61. The summed E-state index contributed by atoms with van der Waals surface area (Å²) in [5.41, 5.74) is 1.53. The van der Waals surface area contributed by atoms with E-state index in [0.717, 1.165) is 42.8 Å². The minimum absolute atomic E-state index is 0.0124. The highest BCUT2D eigenvalue weighted by Crippen LogP contribution is 2.29. The number of anilines is 2. The van der Waals surface area contributed by atoms with Gasteiger partial charge in [0.25, 0.3) is 0 Å². The Morgan fingerprint density at radius 2 is 2.24 bits per heavy atom. The normalized spacial score (nSPS) is 17.8. The molecule has 1 atom stereocenters. The molecule has 1 fully saturated rings. The molecular weight excluding hydrogens is 320 g/mol. The minimum Gasteiger partial charge on any atom is -0.467 e. The molecule has 0 aromatic carbocycles. The molecule has 3 aromatic heterocycles. The molecule has 1 N–H and O–H groups in total. The van der Waals surface area contributed by atoms with Gasteiger partial charge in [0, 0.05) is 20.7 Å². The Labute approximate surface area is 145 Å². The summed E-state index contributed by atoms with van der Waals surface area (Å²) >= 11 is 0. The number of ether oxygens (including phenoxy) is 1. The predicted octanol–water partition coefficient (Wildman–Crippen LogP) is 2.80. The van der Waals surface area contributed by atoms with Crippen molar-refractivity contribution >= 4 is 22.9 Å². The Morgan fingerprint density at radius 3 is 2.96 bits per heavy atom. The SMILES string of the molecule is CN(C)c1nc(NCc2ccco2)c2ncn(C3CCCCO3)c2n1. The fraction of sp³-hybridized carbons (Fsp3) is 0.471. The van der Waals surface area contributed by atoms with E-state index in [4.69, 9.17) is 9.15 Å². The molecule has 0 amide bonds. The monoisotopic (exact) mass is 342 g/mol. The first-order valence-electron chi connectivity index (χ1n) is 8.52. The van der Waals surface area contributed by atoms with Crippen molar-refractivity contribution in [3.63, 3.8) is 0 Å². The van der Waals surface area contributed by atoms with Gasteiger partial charge in [-0.2, -0.15) is 9.97 Å². The maximum atomic E-state index is 5.90. The third-order valence-corrected chi connectivity index (χ3v) is 4.29. The number of nitrogens with one attached hydrogen (secondary N) is 1. The smallest absolute Gasteiger partial charge is 0.228 e. The van der Waals surface area contributed by atoms with Gasteiger partial charge in [-0.05, 0) is 31.4 Å². The molecule has 4 rings (SSSR count). The van der Waals surface area contributed by atoms with Gasteiger partial charge in [-0.15, -0.1) is 0 Å². The molecule has 8 nitrogen and oxygen atoms in total. The summed E-state index contributed by atoms with van der Waals surface area (Å²) in [6.45, 7) is 1.32. The topological polar surface area (TPSA) is 81.2 Å². The van der Waals surface area contributed by atoms with Crippen LogP contribution in [0.2, 0.25) is 0 Å². The molecule has 4 heterocycles. The van der Waals surface area contributed by atoms with E-state index in [-0.39, 0.29) is 6.23 Å². The molecule has 1 aliphatic heterocycles. The van der Waals surface area contributed by atoms with Crippen LogP contribution in [0.3, 0.4) is 0 Å². The van der Waals surface area contributed by atoms with E-state index in [1.807, 2.05) is 35.7 Å². The van der Waals surface area contributed by atoms with Crippen molar-refractivity contribution < 1.29 is 9.15 Å². The van der Waals surface area contributed by atoms with Crippen LogP contribution in [-0.4, -0.2) is 40.2 Å². The molecule has 0 bridgehead atoms. The highest BCUT2D eigenvalue weighted by molar-refractivity contribution is 5.84. The second-order valence-corrected chi connectivity index (χ2v) is 6.34. The van der Waals surface area contributed by atoms with Crippen LogP contribution < -0.4 is 10.2 Å². The van der Waals surface area contributed by atoms with Gasteiger partial charge in [-0.1, -0.05) is 0 Å². The number of imidazole rings is 1. The molecule has 1 saturated heterocycles. The van der Waals surface area contributed by atoms with Crippen molar-refractivity contribution in [3.05, 3.63) is 30.5 Å². The van der Waals surface area contributed by atoms with Gasteiger partial charge in [0.15, 0.2) is 17.0 Å². The van der Waals surface area contributed by atoms with Gasteiger partial charge < -0.3 is 19.4 Å². The summed E-state index contributed by atoms with van der Waals surface area (Å²) in [7, 11) is 3.85. The minimum atomic E-state index is -0.0124. The van der Waals surface area contributed by atoms with Gasteiger partial charge >= 0.3 is 0 Å². The molecule has 1 unspecified atom stereocenters. The van der Waals surface area contributed by atoms with Crippen LogP contribution >= 0.6 is 0 Å². The van der Waals surface area contributed by atoms with Crippen molar-refractivity contribution in [2.24, 2.45) is 0 Å². The van der Waals surface area contributed by atoms with Crippen molar-refractivity contribution in [3.8, 4) is 0 Å². The maximum Gasteiger partial charge on any atom is 0.228 e. The highest BCUT2D eigenvalue weighted by Gasteiger charge is 2.21. The lowest BCUT2D eigenvalue weighted by Gasteiger charge is -2.24. The van der Waals surface area contributed by atoms with Gasteiger partial charge in [-0.3, -0.25) is 4.57 Å². The van der Waals surface area contributed by atoms with E-state index < -0.39 is 0 Å². The highest BCUT2D eigenvalue weighted by atomic mass is 16.5. The van der Waals surface area contributed by atoms with E-state index in [1.54, 1.807) is 12.6 Å². The van der Waals surface area contributed by atoms with Gasteiger partial charge in [0.2, 0.25) is 5.95 Å². The van der Waals surface area contributed by atoms with Crippen molar-refractivity contribution in [2.45, 2.75) is 32.0 Å². The lowest BCUT2D eigenvalue weighted by Crippen LogP contribution is -2.19. The summed E-state index contributed by atoms with van der Waals surface area (Å²) in [6, 6.07) is 3.79. The zero-order chi connectivity index (χ0) is 17.2. The predicted molar refractivity (Wildman–Crippen MR) is 94.5 cm³/mol. The maximum absolute atomic E-state index is 5.90. The van der Waals surface area contributed by atoms with Crippen LogP contribution in [-0.2, 0) is 11.3 Å². The first-order chi connectivity index (χ1) is 12.2. The number of rotatable bonds is 5. The first-order valence-corrected chi connectivity index (χ1v) is 8.52. The molecule has 25 heavy (non-hydrogen) atoms. The molecule has 0 saturated carbocycles. The lowest BCUT2D eigenvalue weighted by atomic mass is 10.2. The second kappa shape index (κ2) is 6.72. The number of aromatic nitrogens is 4. The molecule has 132 valence electrons. The van der Waals surface area contributed by atoms with Crippen LogP contribution in [0, 0.1) is 0 Å². The zero-order valence-corrected chi connectivity index (χ0v) is 14.5. The van der Waals surface area contributed by atoms with Crippen molar-refractivity contribution in [1.29, 1.82) is 0 Å². The lowest BCUT2D eigenvalue weighted by molar-refractivity contribution is -0.0298. The summed E-state index contributed by atoms with van der Waals surface area (Å²) < 4.78 is 13.3. The zero-order valence-electron chi connectivity index (χ0n) is 14.5. The number of nitrogens with zero attached hydrogens (tertiary/aromatic N) is 5. The Balaban J connectivity index is 1.71. The van der Waals surface area contributed by atoms with Crippen molar-refractivity contribution in [2.75, 3.05) is 30.9 Å². The molecule has 1 aliphatic rings. The molecule has 3 aromatic rings. The molecular formula is C17H22N6O2. The number of furan rings is 1. The van der Waals surface area contributed by atoms with Gasteiger partial charge in [0.05, 0.1) is 19.1 Å². The van der Waals surface area contributed by atoms with Crippen LogP contribution in [0.5, 0.6) is 0 Å². The summed E-state index contributed by atoms with van der Waals surface area (Å²) in [5, 5.41) is 3.31. The molecule has 0 spiro atoms. The molecule has 0 radical (unpaired) electrons. The first kappa shape index (κ1) is 15.9. The fourth-order valence-electron chi connectivity index (χ4n) is 2.97. The van der Waals surface area contributed by atoms with Crippen LogP contribution in [0.4, 0.5) is 11.8 Å². The largest absolute Gasteiger partial charge is 0.467 e. The number of hydrogen-bond donors (Lipinski definition) is 1. The molecule has 0 aliphatic carbocycles. The van der Waals surface area contributed by atoms with E-state index in [2.05, 4.69) is 20.3 Å². The Morgan fingerprint density at radius 1 is 1.32 bits per heavy atom. The van der Waals surface area contributed by atoms with Crippen LogP contribution in [0.15, 0.2) is 29.1 Å². The average molecular weight is 342 g/mol. The standard InChI is InChI=1S/C17H22N6O2/c1-22(2)17-20-15(18-10-12-6-5-9-24-12)14-16(21-17)23(11-19-14)13-7-3-4-8-25-13/h5-6,9,11,13H,3-4,7-8,10H2,1-2H3,(H,18,20,21). The van der Waals surface area contributed by atoms with Crippen LogP contribution in [0.25, 0.3) is 11.2 Å². The van der Waals surface area contributed by atoms with E-state index in [9.17, 15) is 0 Å². The third kappa shape index (κ3) is 3.17. The van der Waals surface area contributed by atoms with Gasteiger partial charge in [0.1, 0.15) is 12.0 Å². The number of fused-ring (bicyclic) bond motifs is 1. The van der Waals surface area contributed by atoms with E-state index in [1.165, 1.54) is 0 Å². The summed E-state index contributed by atoms with van der Waals surface area (Å²) in [6.07, 6.45) is 6.68. The molecule has 8 heteroatoms. The second-order valence-electron chi connectivity index (χ2n) is 6.34. The average Bonchev–Trinajstić information content (AvgIpc) is 3.29. The van der Waals surface area contributed by atoms with Crippen LogP contribution in [0.1, 0.15) is 31.3 Å². The fourth-order valence-corrected chi connectivity index (χ4v) is 2.97. The Kier molecular flexibility index (Phi) is 4.27. The third-order valence-electron chi connectivity index (χ3n) is 4.29. The summed E-state index contributed by atoms with van der Waals surface area (Å²) in [4.78, 5) is 15.7. The quantitative estimate of drug-likeness (QED) is 0.763. The summed E-state index contributed by atoms with van der Waals surface area (Å²) in [5.74, 6) is 2.17. The van der Waals surface area contributed by atoms with E-state index >= 15 is 0 Å². The van der Waals surface area contributed by atoms with Crippen molar-refractivity contribution in [1.82, 2.24) is 19.5 Å². The van der Waals surface area contributed by atoms with Gasteiger partial charge in [-0.25, -0.2) is 4.98 Å². The number of hydrogen-bond acceptors (Lipinski definition) is 7. The van der Waals surface area contributed by atoms with E-state index in [0.29, 0.717) is 18.3 Å².